The number of rotatable bonds is 21. The number of ether oxygens (including phenoxy) is 2. The Morgan fingerprint density at radius 2 is 1.03 bits per heavy atom. The van der Waals surface area contributed by atoms with Gasteiger partial charge in [0.05, 0.1) is 26.4 Å². The van der Waals surface area contributed by atoms with E-state index in [1.54, 1.807) is 0 Å². The number of aryl methyl sites for hydroxylation is 1. The van der Waals surface area contributed by atoms with Crippen molar-refractivity contribution in [2.75, 3.05) is 0 Å². The fourth-order valence-electron chi connectivity index (χ4n) is 10.9. The maximum Gasteiger partial charge on any atom is 0.346 e. The normalized spacial score (nSPS) is 21.1. The summed E-state index contributed by atoms with van der Waals surface area (Å²) in [6.45, 7) is 2.47. The molecule has 0 heterocycles. The van der Waals surface area contributed by atoms with Crippen LogP contribution in [-0.4, -0.2) is 17.5 Å². The summed E-state index contributed by atoms with van der Waals surface area (Å²) in [4.78, 5) is 14.3. The number of carbonyl (C=O) groups excluding carboxylic acids is 1. The van der Waals surface area contributed by atoms with Gasteiger partial charge in [-0.15, -0.1) is 0 Å². The number of benzene rings is 6. The van der Waals surface area contributed by atoms with Gasteiger partial charge >= 0.3 is 21.2 Å². The molecular weight excluding hydrogens is 891 g/mol. The molecule has 2 fully saturated rings. The van der Waals surface area contributed by atoms with Crippen LogP contribution in [0.2, 0.25) is 0 Å². The summed E-state index contributed by atoms with van der Waals surface area (Å²) in [5.74, 6) is 1.82. The Morgan fingerprint density at radius 3 is 1.50 bits per heavy atom. The second-order valence-electron chi connectivity index (χ2n) is 18.8. The van der Waals surface area contributed by atoms with Gasteiger partial charge in [-0.2, -0.15) is 0 Å². The zero-order valence-corrected chi connectivity index (χ0v) is 40.6. The lowest BCUT2D eigenvalue weighted by Gasteiger charge is -2.50. The molecule has 354 valence electrons. The number of fused-ring (bicyclic) bond motifs is 5. The molecule has 5 atom stereocenters. The summed E-state index contributed by atoms with van der Waals surface area (Å²) in [7, 11) is -8.89. The molecule has 0 aromatic heterocycles. The van der Waals surface area contributed by atoms with Crippen LogP contribution in [0.25, 0.3) is 0 Å². The summed E-state index contributed by atoms with van der Waals surface area (Å²) in [6.07, 6.45) is 5.14. The Bertz CT molecular complexity index is 2450. The van der Waals surface area contributed by atoms with E-state index in [0.29, 0.717) is 24.4 Å². The van der Waals surface area contributed by atoms with Crippen LogP contribution in [0.5, 0.6) is 5.75 Å². The van der Waals surface area contributed by atoms with E-state index in [1.165, 1.54) is 11.1 Å². The Morgan fingerprint density at radius 1 is 0.574 bits per heavy atom. The average Bonchev–Trinajstić information content (AvgIpc) is 3.72. The molecule has 3 aliphatic carbocycles. The molecule has 0 amide bonds. The van der Waals surface area contributed by atoms with Crippen LogP contribution < -0.4 is 4.74 Å². The Kier molecular flexibility index (Phi) is 15.6. The number of carbonyl (C=O) groups is 1. The standard InChI is InChI=1S/C57H62O9P2/c1-57-36-35-51-50-30-28-49(61-38-43-17-7-2-8-18-43)37-48(50)27-29-52(51)53(57)31-32-54(57)66-55(58)33-34-56(67(59,62-39-44-19-9-3-10-20-44)63-40-45-21-11-4-12-22-45)68(60,64-41-46-23-13-5-14-24-46)65-42-47-25-15-6-16-26-47/h2-26,28,30,37,51-54,56H,27,29,31-36,38-42H2,1H3/t51-,52-,53+,54+,57+/m1/s1. The molecular formula is C57H62O9P2. The van der Waals surface area contributed by atoms with E-state index in [0.717, 1.165) is 72.1 Å². The topological polar surface area (TPSA) is 107 Å². The van der Waals surface area contributed by atoms with Gasteiger partial charge in [0.15, 0.2) is 5.40 Å². The van der Waals surface area contributed by atoms with Crippen LogP contribution in [0.3, 0.4) is 0 Å². The number of hydrogen-bond donors (Lipinski definition) is 0. The van der Waals surface area contributed by atoms with Gasteiger partial charge in [0.25, 0.3) is 0 Å². The SMILES string of the molecule is C[C@]12CC[C@@H]3c4ccc(OCc5ccccc5)cc4CC[C@H]3[C@@H]1CC[C@@H]2OC(=O)CCC(P(=O)(OCc1ccccc1)OCc1ccccc1)P(=O)(OCc1ccccc1)OCc1ccccc1. The first-order valence-electron chi connectivity index (χ1n) is 24.1. The third kappa shape index (κ3) is 11.5. The minimum absolute atomic E-state index is 0.0944. The monoisotopic (exact) mass is 952 g/mol. The van der Waals surface area contributed by atoms with Crippen molar-refractivity contribution in [3.63, 3.8) is 0 Å². The van der Waals surface area contributed by atoms with Gasteiger partial charge in [-0.05, 0) is 114 Å². The molecule has 0 unspecified atom stereocenters. The molecule has 9 nitrogen and oxygen atoms in total. The molecule has 0 bridgehead atoms. The largest absolute Gasteiger partial charge is 0.489 e. The molecule has 0 radical (unpaired) electrons. The summed E-state index contributed by atoms with van der Waals surface area (Å²) in [5.41, 5.74) is 6.76. The van der Waals surface area contributed by atoms with Crippen molar-refractivity contribution in [1.29, 1.82) is 0 Å². The van der Waals surface area contributed by atoms with Crippen LogP contribution in [0.1, 0.15) is 96.7 Å². The summed E-state index contributed by atoms with van der Waals surface area (Å²) in [6, 6.07) is 54.3. The molecule has 3 aliphatic rings. The van der Waals surface area contributed by atoms with Gasteiger partial charge < -0.3 is 27.6 Å². The third-order valence-electron chi connectivity index (χ3n) is 14.5. The van der Waals surface area contributed by atoms with E-state index < -0.39 is 26.6 Å². The lowest BCUT2D eigenvalue weighted by molar-refractivity contribution is -0.157. The fraction of sp³-hybridized carbons (Fsp3) is 0.351. The molecule has 0 spiro atoms. The molecule has 6 aromatic carbocycles. The summed E-state index contributed by atoms with van der Waals surface area (Å²) < 4.78 is 69.6. The molecule has 6 aromatic rings. The highest BCUT2D eigenvalue weighted by atomic mass is 31.2. The van der Waals surface area contributed by atoms with Gasteiger partial charge in [-0.3, -0.25) is 13.9 Å². The Balaban J connectivity index is 0.941. The third-order valence-corrected chi connectivity index (χ3v) is 20.1. The smallest absolute Gasteiger partial charge is 0.346 e. The highest BCUT2D eigenvalue weighted by Gasteiger charge is 2.57. The zero-order valence-electron chi connectivity index (χ0n) is 38.8. The molecule has 68 heavy (non-hydrogen) atoms. The molecule has 2 saturated carbocycles. The quantitative estimate of drug-likeness (QED) is 0.0515. The predicted octanol–water partition coefficient (Wildman–Crippen LogP) is 14.4. The zero-order chi connectivity index (χ0) is 46.8. The first-order valence-corrected chi connectivity index (χ1v) is 27.3. The minimum atomic E-state index is -4.45. The average molecular weight is 953 g/mol. The van der Waals surface area contributed by atoms with Crippen molar-refractivity contribution in [2.45, 2.75) is 109 Å². The van der Waals surface area contributed by atoms with Crippen LogP contribution in [-0.2, 0) is 76.2 Å². The second-order valence-corrected chi connectivity index (χ2v) is 23.6. The predicted molar refractivity (Wildman–Crippen MR) is 265 cm³/mol. The van der Waals surface area contributed by atoms with Crippen molar-refractivity contribution in [3.05, 3.63) is 209 Å². The van der Waals surface area contributed by atoms with E-state index in [1.807, 2.05) is 140 Å². The highest BCUT2D eigenvalue weighted by molar-refractivity contribution is 7.72. The van der Waals surface area contributed by atoms with Crippen molar-refractivity contribution in [2.24, 2.45) is 17.3 Å². The number of hydrogen-bond acceptors (Lipinski definition) is 9. The van der Waals surface area contributed by atoms with Crippen molar-refractivity contribution in [1.82, 2.24) is 0 Å². The van der Waals surface area contributed by atoms with E-state index in [2.05, 4.69) is 37.3 Å². The van der Waals surface area contributed by atoms with Gasteiger partial charge in [0, 0.05) is 11.8 Å². The van der Waals surface area contributed by atoms with E-state index in [-0.39, 0.29) is 50.8 Å². The van der Waals surface area contributed by atoms with Crippen LogP contribution in [0, 0.1) is 17.3 Å². The molecule has 11 heteroatoms. The van der Waals surface area contributed by atoms with Crippen molar-refractivity contribution >= 4 is 21.2 Å². The van der Waals surface area contributed by atoms with E-state index in [4.69, 9.17) is 27.6 Å². The van der Waals surface area contributed by atoms with Gasteiger partial charge in [-0.1, -0.05) is 165 Å². The van der Waals surface area contributed by atoms with E-state index in [9.17, 15) is 4.79 Å². The Labute approximate surface area is 401 Å². The van der Waals surface area contributed by atoms with E-state index >= 15 is 9.13 Å². The molecule has 0 saturated heterocycles. The molecule has 9 rings (SSSR count). The van der Waals surface area contributed by atoms with Gasteiger partial charge in [0.1, 0.15) is 18.5 Å². The lowest BCUT2D eigenvalue weighted by atomic mass is 9.55. The number of esters is 1. The summed E-state index contributed by atoms with van der Waals surface area (Å²) in [5, 5.41) is -1.48. The highest BCUT2D eigenvalue weighted by Crippen LogP contribution is 2.73. The maximum absolute atomic E-state index is 15.7. The van der Waals surface area contributed by atoms with Gasteiger partial charge in [0.2, 0.25) is 0 Å². The first-order chi connectivity index (χ1) is 33.2. The van der Waals surface area contributed by atoms with Crippen LogP contribution in [0.15, 0.2) is 170 Å². The maximum atomic E-state index is 15.7. The lowest BCUT2D eigenvalue weighted by Crippen LogP contribution is -2.45. The van der Waals surface area contributed by atoms with Crippen LogP contribution >= 0.6 is 15.2 Å². The van der Waals surface area contributed by atoms with Crippen LogP contribution in [0.4, 0.5) is 0 Å². The van der Waals surface area contributed by atoms with Crippen molar-refractivity contribution < 1.29 is 41.5 Å². The first kappa shape index (κ1) is 47.9. The molecule has 0 aliphatic heterocycles. The minimum Gasteiger partial charge on any atom is -0.489 e. The molecule has 0 N–H and O–H groups in total. The van der Waals surface area contributed by atoms with Gasteiger partial charge in [-0.25, -0.2) is 0 Å². The summed E-state index contributed by atoms with van der Waals surface area (Å²) >= 11 is 0. The fourth-order valence-corrected chi connectivity index (χ4v) is 16.1. The van der Waals surface area contributed by atoms with Crippen molar-refractivity contribution in [3.8, 4) is 5.75 Å². The second kappa shape index (κ2) is 22.1. The Hall–Kier alpha value is -5.11.